The first-order chi connectivity index (χ1) is 7.84. The van der Waals surface area contributed by atoms with E-state index in [0.717, 1.165) is 24.1 Å². The van der Waals surface area contributed by atoms with Crippen molar-refractivity contribution >= 4 is 17.1 Å². The van der Waals surface area contributed by atoms with Gasteiger partial charge in [-0.2, -0.15) is 0 Å². The molecule has 0 radical (unpaired) electrons. The minimum Gasteiger partial charge on any atom is -0.324 e. The fourth-order valence-electron chi connectivity index (χ4n) is 1.96. The zero-order valence-electron chi connectivity index (χ0n) is 8.70. The fraction of sp³-hybridized carbons (Fsp3) is 0.400. The molecule has 0 saturated carbocycles. The second-order valence-electron chi connectivity index (χ2n) is 3.85. The maximum atomic E-state index is 11.5. The molecule has 0 bridgehead atoms. The van der Waals surface area contributed by atoms with Gasteiger partial charge in [0.2, 0.25) is 5.91 Å². The lowest BCUT2D eigenvalue weighted by Gasteiger charge is -2.15. The Kier molecular flexibility index (Phi) is 2.05. The van der Waals surface area contributed by atoms with Gasteiger partial charge < -0.3 is 4.90 Å². The molecule has 82 valence electrons. The average molecular weight is 217 g/mol. The molecule has 0 aliphatic carbocycles. The molecule has 1 aliphatic rings. The van der Waals surface area contributed by atoms with Crippen molar-refractivity contribution in [1.29, 1.82) is 0 Å². The Bertz CT molecular complexity index is 535. The number of likely N-dealkylation sites (tertiary alicyclic amines) is 1. The summed E-state index contributed by atoms with van der Waals surface area (Å²) >= 11 is 0. The van der Waals surface area contributed by atoms with Crippen LogP contribution in [0.4, 0.5) is 0 Å². The number of carbonyl (C=O) groups is 1. The Hall–Kier alpha value is -1.98. The number of imidazole rings is 1. The van der Waals surface area contributed by atoms with E-state index < -0.39 is 0 Å². The van der Waals surface area contributed by atoms with Crippen LogP contribution < -0.4 is 0 Å². The number of hydrogen-bond donors (Lipinski definition) is 0. The van der Waals surface area contributed by atoms with Crippen molar-refractivity contribution in [2.45, 2.75) is 19.5 Å². The molecule has 1 aliphatic heterocycles. The second kappa shape index (κ2) is 3.55. The van der Waals surface area contributed by atoms with Crippen molar-refractivity contribution in [1.82, 2.24) is 24.4 Å². The molecule has 3 rings (SSSR count). The van der Waals surface area contributed by atoms with Gasteiger partial charge in [0, 0.05) is 13.0 Å². The van der Waals surface area contributed by atoms with Crippen LogP contribution in [0.15, 0.2) is 18.9 Å². The summed E-state index contributed by atoms with van der Waals surface area (Å²) in [7, 11) is 0. The Labute approximate surface area is 91.9 Å². The van der Waals surface area contributed by atoms with Gasteiger partial charge in [-0.05, 0) is 6.42 Å². The summed E-state index contributed by atoms with van der Waals surface area (Å²) in [6, 6.07) is 0. The Morgan fingerprint density at radius 1 is 1.38 bits per heavy atom. The van der Waals surface area contributed by atoms with Crippen molar-refractivity contribution in [3.63, 3.8) is 0 Å². The number of nitrogens with zero attached hydrogens (tertiary/aromatic N) is 5. The van der Waals surface area contributed by atoms with Crippen LogP contribution in [0.2, 0.25) is 0 Å². The summed E-state index contributed by atoms with van der Waals surface area (Å²) in [6.45, 7) is 1.36. The standard InChI is InChI=1S/C10H11N5O/c16-9-2-1-3-14(9)7-15-6-13-8-4-11-5-12-10(8)15/h4-6H,1-3,7H2. The SMILES string of the molecule is O=C1CCCN1Cn1cnc2cncnc21. The highest BCUT2D eigenvalue weighted by molar-refractivity contribution is 5.78. The smallest absolute Gasteiger partial charge is 0.224 e. The van der Waals surface area contributed by atoms with E-state index in [2.05, 4.69) is 15.0 Å². The van der Waals surface area contributed by atoms with Crippen LogP contribution in [-0.4, -0.2) is 36.9 Å². The number of hydrogen-bond acceptors (Lipinski definition) is 4. The largest absolute Gasteiger partial charge is 0.324 e. The van der Waals surface area contributed by atoms with E-state index in [0.29, 0.717) is 13.1 Å². The van der Waals surface area contributed by atoms with E-state index in [-0.39, 0.29) is 5.91 Å². The normalized spacial score (nSPS) is 16.2. The summed E-state index contributed by atoms with van der Waals surface area (Å²) in [6.07, 6.45) is 6.46. The molecule has 0 aromatic carbocycles. The molecule has 1 fully saturated rings. The summed E-state index contributed by atoms with van der Waals surface area (Å²) in [5, 5.41) is 0. The van der Waals surface area contributed by atoms with Gasteiger partial charge in [-0.3, -0.25) is 9.36 Å². The van der Waals surface area contributed by atoms with E-state index in [1.165, 1.54) is 6.33 Å². The van der Waals surface area contributed by atoms with Crippen LogP contribution in [0.25, 0.3) is 11.2 Å². The van der Waals surface area contributed by atoms with Crippen molar-refractivity contribution in [3.05, 3.63) is 18.9 Å². The third-order valence-electron chi connectivity index (χ3n) is 2.78. The molecule has 0 atom stereocenters. The van der Waals surface area contributed by atoms with Crippen molar-refractivity contribution in [3.8, 4) is 0 Å². The molecule has 6 nitrogen and oxygen atoms in total. The van der Waals surface area contributed by atoms with Crippen molar-refractivity contribution < 1.29 is 4.79 Å². The molecule has 2 aromatic heterocycles. The van der Waals surface area contributed by atoms with E-state index >= 15 is 0 Å². The predicted molar refractivity (Wildman–Crippen MR) is 56.3 cm³/mol. The molecular weight excluding hydrogens is 206 g/mol. The highest BCUT2D eigenvalue weighted by Gasteiger charge is 2.20. The first-order valence-electron chi connectivity index (χ1n) is 5.23. The van der Waals surface area contributed by atoms with Gasteiger partial charge in [-0.25, -0.2) is 15.0 Å². The van der Waals surface area contributed by atoms with Crippen LogP contribution in [0.5, 0.6) is 0 Å². The maximum absolute atomic E-state index is 11.5. The zero-order chi connectivity index (χ0) is 11.0. The summed E-state index contributed by atoms with van der Waals surface area (Å²) in [5.41, 5.74) is 1.53. The third-order valence-corrected chi connectivity index (χ3v) is 2.78. The Balaban J connectivity index is 1.92. The maximum Gasteiger partial charge on any atom is 0.224 e. The third kappa shape index (κ3) is 1.42. The quantitative estimate of drug-likeness (QED) is 0.730. The lowest BCUT2D eigenvalue weighted by molar-refractivity contribution is -0.129. The Morgan fingerprint density at radius 3 is 3.12 bits per heavy atom. The molecule has 0 N–H and O–H groups in total. The highest BCUT2D eigenvalue weighted by atomic mass is 16.2. The van der Waals surface area contributed by atoms with Gasteiger partial charge in [0.15, 0.2) is 5.65 Å². The number of fused-ring (bicyclic) bond motifs is 1. The molecule has 1 saturated heterocycles. The summed E-state index contributed by atoms with van der Waals surface area (Å²) in [4.78, 5) is 25.6. The number of aromatic nitrogens is 4. The summed E-state index contributed by atoms with van der Waals surface area (Å²) in [5.74, 6) is 0.205. The number of rotatable bonds is 2. The molecular formula is C10H11N5O. The Morgan fingerprint density at radius 2 is 2.31 bits per heavy atom. The topological polar surface area (TPSA) is 63.9 Å². The van der Waals surface area contributed by atoms with E-state index in [1.807, 2.05) is 9.47 Å². The van der Waals surface area contributed by atoms with Gasteiger partial charge in [0.05, 0.1) is 12.5 Å². The molecule has 6 heteroatoms. The predicted octanol–water partition coefficient (Wildman–Crippen LogP) is 0.406. The van der Waals surface area contributed by atoms with Crippen molar-refractivity contribution in [2.75, 3.05) is 6.54 Å². The van der Waals surface area contributed by atoms with Crippen LogP contribution >= 0.6 is 0 Å². The van der Waals surface area contributed by atoms with Gasteiger partial charge in [-0.1, -0.05) is 0 Å². The van der Waals surface area contributed by atoms with Crippen LogP contribution in [-0.2, 0) is 11.5 Å². The first kappa shape index (κ1) is 9.26. The molecule has 16 heavy (non-hydrogen) atoms. The monoisotopic (exact) mass is 217 g/mol. The van der Waals surface area contributed by atoms with Crippen LogP contribution in [0, 0.1) is 0 Å². The van der Waals surface area contributed by atoms with E-state index in [1.54, 1.807) is 12.5 Å². The van der Waals surface area contributed by atoms with Gasteiger partial charge >= 0.3 is 0 Å². The zero-order valence-corrected chi connectivity index (χ0v) is 8.70. The molecule has 2 aromatic rings. The highest BCUT2D eigenvalue weighted by Crippen LogP contribution is 2.13. The number of carbonyl (C=O) groups excluding carboxylic acids is 1. The molecule has 0 spiro atoms. The van der Waals surface area contributed by atoms with E-state index in [9.17, 15) is 4.79 Å². The van der Waals surface area contributed by atoms with Gasteiger partial charge in [0.1, 0.15) is 18.5 Å². The summed E-state index contributed by atoms with van der Waals surface area (Å²) < 4.78 is 1.88. The lowest BCUT2D eigenvalue weighted by atomic mass is 10.4. The second-order valence-corrected chi connectivity index (χ2v) is 3.85. The minimum absolute atomic E-state index is 0.205. The van der Waals surface area contributed by atoms with Gasteiger partial charge in [-0.15, -0.1) is 0 Å². The molecule has 1 amide bonds. The van der Waals surface area contributed by atoms with Crippen molar-refractivity contribution in [2.24, 2.45) is 0 Å². The van der Waals surface area contributed by atoms with Crippen LogP contribution in [0.3, 0.4) is 0 Å². The molecule has 0 unspecified atom stereocenters. The van der Waals surface area contributed by atoms with E-state index in [4.69, 9.17) is 0 Å². The number of amides is 1. The first-order valence-corrected chi connectivity index (χ1v) is 5.23. The molecule has 3 heterocycles. The van der Waals surface area contributed by atoms with Gasteiger partial charge in [0.25, 0.3) is 0 Å². The average Bonchev–Trinajstić information content (AvgIpc) is 2.88. The minimum atomic E-state index is 0.205. The lowest BCUT2D eigenvalue weighted by Crippen LogP contribution is -2.27. The fourth-order valence-corrected chi connectivity index (χ4v) is 1.96. The van der Waals surface area contributed by atoms with Crippen LogP contribution in [0.1, 0.15) is 12.8 Å².